The second-order valence-electron chi connectivity index (χ2n) is 6.17. The first-order valence-electron chi connectivity index (χ1n) is 8.45. The number of aromatic amines is 1. The Labute approximate surface area is 159 Å². The first kappa shape index (κ1) is 18.2. The monoisotopic (exact) mass is 384 g/mol. The number of primary amides is 1. The molecule has 4 rings (SSSR count). The number of hydrogen-bond donors (Lipinski definition) is 2. The van der Waals surface area contributed by atoms with Crippen LogP contribution in [0.25, 0.3) is 27.5 Å². The Bertz CT molecular complexity index is 1200. The molecular formula is C19H20N4O5. The van der Waals surface area contributed by atoms with Crippen molar-refractivity contribution in [2.24, 2.45) is 5.73 Å². The molecule has 0 aliphatic heterocycles. The van der Waals surface area contributed by atoms with Crippen LogP contribution in [0.3, 0.4) is 0 Å². The van der Waals surface area contributed by atoms with Gasteiger partial charge >= 0.3 is 5.97 Å². The average molecular weight is 384 g/mol. The van der Waals surface area contributed by atoms with E-state index in [0.717, 1.165) is 16.3 Å². The minimum Gasteiger partial charge on any atom is -0.495 e. The number of hydrogen-bond acceptors (Lipinski definition) is 6. The normalized spacial score (nSPS) is 12.3. The van der Waals surface area contributed by atoms with Crippen LogP contribution >= 0.6 is 0 Å². The summed E-state index contributed by atoms with van der Waals surface area (Å²) in [7, 11) is 5.95. The number of amides is 1. The number of carbonyl (C=O) groups is 1. The van der Waals surface area contributed by atoms with Gasteiger partial charge < -0.3 is 29.7 Å². The van der Waals surface area contributed by atoms with E-state index in [9.17, 15) is 4.79 Å². The van der Waals surface area contributed by atoms with Crippen LogP contribution in [0.4, 0.5) is 0 Å². The van der Waals surface area contributed by atoms with Crippen LogP contribution in [-0.2, 0) is 20.2 Å². The number of pyridine rings is 1. The quantitative estimate of drug-likeness (QED) is 0.492. The van der Waals surface area contributed by atoms with E-state index in [1.165, 1.54) is 21.3 Å². The average Bonchev–Trinajstić information content (AvgIpc) is 3.30. The minimum atomic E-state index is -1.49. The fourth-order valence-electron chi connectivity index (χ4n) is 3.64. The lowest BCUT2D eigenvalue weighted by molar-refractivity contribution is -0.367. The van der Waals surface area contributed by atoms with Crippen molar-refractivity contribution >= 4 is 33.4 Å². The largest absolute Gasteiger partial charge is 0.495 e. The highest BCUT2D eigenvalue weighted by Gasteiger charge is 2.37. The van der Waals surface area contributed by atoms with E-state index < -0.39 is 11.9 Å². The summed E-state index contributed by atoms with van der Waals surface area (Å²) in [5.41, 5.74) is 8.33. The standard InChI is InChI=1S/C19H20N4O5/c1-25-12-7-5-6-10-14-16(22-15(10)12)11(17(20)24)9-23-13(8-21-18(14)23)19(26-2,27-3)28-4/h5-9,22H,1-4H3,(H2,20,24). The number of aromatic nitrogens is 3. The molecule has 0 saturated heterocycles. The molecule has 3 heterocycles. The van der Waals surface area contributed by atoms with Gasteiger partial charge in [-0.25, -0.2) is 4.98 Å². The van der Waals surface area contributed by atoms with Gasteiger partial charge in [0.2, 0.25) is 0 Å². The van der Waals surface area contributed by atoms with E-state index in [4.69, 9.17) is 24.7 Å². The number of rotatable bonds is 6. The molecule has 146 valence electrons. The van der Waals surface area contributed by atoms with Crippen molar-refractivity contribution in [3.63, 3.8) is 0 Å². The molecule has 0 spiro atoms. The van der Waals surface area contributed by atoms with Crippen molar-refractivity contribution in [3.05, 3.63) is 41.9 Å². The Morgan fingerprint density at radius 2 is 1.86 bits per heavy atom. The summed E-state index contributed by atoms with van der Waals surface area (Å²) >= 11 is 0. The number of carbonyl (C=O) groups excluding carboxylic acids is 1. The van der Waals surface area contributed by atoms with E-state index in [1.54, 1.807) is 23.9 Å². The van der Waals surface area contributed by atoms with Gasteiger partial charge in [0, 0.05) is 32.9 Å². The van der Waals surface area contributed by atoms with Crippen molar-refractivity contribution < 1.29 is 23.7 Å². The van der Waals surface area contributed by atoms with Gasteiger partial charge in [0.1, 0.15) is 17.1 Å². The second-order valence-corrected chi connectivity index (χ2v) is 6.17. The van der Waals surface area contributed by atoms with E-state index in [2.05, 4.69) is 9.97 Å². The molecule has 4 aromatic rings. The molecule has 0 bridgehead atoms. The molecule has 1 aromatic carbocycles. The highest BCUT2D eigenvalue weighted by molar-refractivity contribution is 6.20. The van der Waals surface area contributed by atoms with Crippen LogP contribution in [0.2, 0.25) is 0 Å². The second kappa shape index (κ2) is 6.48. The van der Waals surface area contributed by atoms with E-state index >= 15 is 0 Å². The Kier molecular flexibility index (Phi) is 4.22. The third-order valence-corrected chi connectivity index (χ3v) is 4.95. The van der Waals surface area contributed by atoms with Crippen LogP contribution in [0.15, 0.2) is 30.6 Å². The minimum absolute atomic E-state index is 0.289. The SMILES string of the molecule is COc1cccc2c1[nH]c1c(C(N)=O)cn3c(C(OC)(OC)OC)cnc3c12. The third-order valence-electron chi connectivity index (χ3n) is 4.95. The van der Waals surface area contributed by atoms with Crippen LogP contribution in [0.5, 0.6) is 5.75 Å². The summed E-state index contributed by atoms with van der Waals surface area (Å²) in [6, 6.07) is 5.63. The maximum Gasteiger partial charge on any atom is 0.329 e. The zero-order valence-corrected chi connectivity index (χ0v) is 15.9. The number of methoxy groups -OCH3 is 4. The molecular weight excluding hydrogens is 364 g/mol. The zero-order valence-electron chi connectivity index (χ0n) is 15.9. The summed E-state index contributed by atoms with van der Waals surface area (Å²) in [5, 5.41) is 1.58. The van der Waals surface area contributed by atoms with E-state index in [-0.39, 0.29) is 5.56 Å². The maximum atomic E-state index is 12.2. The number of nitrogens with zero attached hydrogens (tertiary/aromatic N) is 2. The number of benzene rings is 1. The van der Waals surface area contributed by atoms with Gasteiger partial charge in [-0.2, -0.15) is 0 Å². The highest BCUT2D eigenvalue weighted by Crippen LogP contribution is 2.37. The van der Waals surface area contributed by atoms with Gasteiger partial charge in [-0.05, 0) is 6.07 Å². The fraction of sp³-hybridized carbons (Fsp3) is 0.263. The Morgan fingerprint density at radius 3 is 2.46 bits per heavy atom. The van der Waals surface area contributed by atoms with Gasteiger partial charge in [0.15, 0.2) is 0 Å². The fourth-order valence-corrected chi connectivity index (χ4v) is 3.64. The molecule has 1 amide bonds. The molecule has 0 atom stereocenters. The molecule has 0 saturated carbocycles. The van der Waals surface area contributed by atoms with E-state index in [0.29, 0.717) is 22.6 Å². The number of nitrogens with two attached hydrogens (primary N) is 1. The molecule has 9 heteroatoms. The Morgan fingerprint density at radius 1 is 1.14 bits per heavy atom. The van der Waals surface area contributed by atoms with Crippen LogP contribution < -0.4 is 10.5 Å². The zero-order chi connectivity index (χ0) is 20.1. The molecule has 9 nitrogen and oxygen atoms in total. The molecule has 0 radical (unpaired) electrons. The van der Waals surface area contributed by atoms with Crippen molar-refractivity contribution in [2.45, 2.75) is 5.97 Å². The van der Waals surface area contributed by atoms with E-state index in [1.807, 2.05) is 18.2 Å². The van der Waals surface area contributed by atoms with Crippen LogP contribution in [0, 0.1) is 0 Å². The Balaban J connectivity index is 2.20. The topological polar surface area (TPSA) is 113 Å². The van der Waals surface area contributed by atoms with Gasteiger partial charge in [0.05, 0.1) is 35.3 Å². The summed E-state index contributed by atoms with van der Waals surface area (Å²) in [6.45, 7) is 0. The number of imidazole rings is 1. The Hall–Kier alpha value is -3.14. The smallest absolute Gasteiger partial charge is 0.329 e. The number of H-pyrrole nitrogens is 1. The van der Waals surface area contributed by atoms with Crippen molar-refractivity contribution in [3.8, 4) is 5.75 Å². The first-order chi connectivity index (χ1) is 13.5. The van der Waals surface area contributed by atoms with Gasteiger partial charge in [-0.1, -0.05) is 12.1 Å². The molecule has 3 N–H and O–H groups in total. The van der Waals surface area contributed by atoms with Crippen molar-refractivity contribution in [2.75, 3.05) is 28.4 Å². The first-order valence-corrected chi connectivity index (χ1v) is 8.45. The maximum absolute atomic E-state index is 12.2. The van der Waals surface area contributed by atoms with Gasteiger partial charge in [-0.15, -0.1) is 0 Å². The predicted octanol–water partition coefficient (Wildman–Crippen LogP) is 2.13. The summed E-state index contributed by atoms with van der Waals surface area (Å²) < 4.78 is 23.5. The molecule has 0 unspecified atom stereocenters. The predicted molar refractivity (Wildman–Crippen MR) is 102 cm³/mol. The van der Waals surface area contributed by atoms with Gasteiger partial charge in [0.25, 0.3) is 5.91 Å². The third kappa shape index (κ3) is 2.30. The number of para-hydroxylation sites is 1. The summed E-state index contributed by atoms with van der Waals surface area (Å²) in [6.07, 6.45) is 3.17. The van der Waals surface area contributed by atoms with Crippen molar-refractivity contribution in [1.29, 1.82) is 0 Å². The van der Waals surface area contributed by atoms with Gasteiger partial charge in [-0.3, -0.25) is 9.20 Å². The number of ether oxygens (including phenoxy) is 4. The van der Waals surface area contributed by atoms with Crippen LogP contribution in [-0.4, -0.2) is 48.7 Å². The molecule has 0 fully saturated rings. The number of fused-ring (bicyclic) bond motifs is 5. The molecule has 0 aliphatic rings. The lowest BCUT2D eigenvalue weighted by atomic mass is 10.1. The molecule has 0 aliphatic carbocycles. The number of nitrogens with one attached hydrogen (secondary N) is 1. The summed E-state index contributed by atoms with van der Waals surface area (Å²) in [4.78, 5) is 20.0. The van der Waals surface area contributed by atoms with Crippen LogP contribution in [0.1, 0.15) is 16.1 Å². The molecule has 3 aromatic heterocycles. The lowest BCUT2D eigenvalue weighted by Gasteiger charge is -2.28. The highest BCUT2D eigenvalue weighted by atomic mass is 16.9. The lowest BCUT2D eigenvalue weighted by Crippen LogP contribution is -2.34. The molecule has 28 heavy (non-hydrogen) atoms. The van der Waals surface area contributed by atoms with Crippen molar-refractivity contribution in [1.82, 2.24) is 14.4 Å². The summed E-state index contributed by atoms with van der Waals surface area (Å²) in [5.74, 6) is -1.43.